The van der Waals surface area contributed by atoms with Gasteiger partial charge in [-0.3, -0.25) is 9.68 Å². The van der Waals surface area contributed by atoms with Crippen LogP contribution in [0.2, 0.25) is 0 Å². The summed E-state index contributed by atoms with van der Waals surface area (Å²) in [6.07, 6.45) is -1.21. The molecule has 0 aliphatic heterocycles. The molecular formula is C21H26N4O5. The van der Waals surface area contributed by atoms with E-state index in [2.05, 4.69) is 30.5 Å². The van der Waals surface area contributed by atoms with E-state index in [-0.39, 0.29) is 36.4 Å². The van der Waals surface area contributed by atoms with Crippen molar-refractivity contribution in [3.8, 4) is 11.5 Å². The van der Waals surface area contributed by atoms with Crippen molar-refractivity contribution in [2.45, 2.75) is 52.6 Å². The summed E-state index contributed by atoms with van der Waals surface area (Å²) in [6, 6.07) is 10.7. The summed E-state index contributed by atoms with van der Waals surface area (Å²) in [5.74, 6) is 0.613. The van der Waals surface area contributed by atoms with Crippen LogP contribution in [-0.4, -0.2) is 16.4 Å². The number of aromatic hydroxyl groups is 2. The third-order valence-corrected chi connectivity index (χ3v) is 4.37. The van der Waals surface area contributed by atoms with Gasteiger partial charge in [-0.15, -0.1) is 10.2 Å². The van der Waals surface area contributed by atoms with Gasteiger partial charge in [0, 0.05) is 21.7 Å². The fourth-order valence-corrected chi connectivity index (χ4v) is 2.76. The van der Waals surface area contributed by atoms with Gasteiger partial charge in [-0.2, -0.15) is 4.79 Å². The molecule has 0 saturated carbocycles. The van der Waals surface area contributed by atoms with Crippen molar-refractivity contribution in [1.82, 2.24) is 0 Å². The Bertz CT molecular complexity index is 852. The molecule has 9 nitrogen and oxygen atoms in total. The molecule has 0 amide bonds. The van der Waals surface area contributed by atoms with Crippen LogP contribution < -0.4 is 0 Å². The highest BCUT2D eigenvalue weighted by atomic mass is 16.9. The molecule has 0 saturated heterocycles. The second-order valence-electron chi connectivity index (χ2n) is 7.21. The molecule has 0 heterocycles. The first-order chi connectivity index (χ1) is 14.3. The van der Waals surface area contributed by atoms with Gasteiger partial charge in [0.2, 0.25) is 0 Å². The largest absolute Gasteiger partial charge is 0.565 e. The zero-order valence-electron chi connectivity index (χ0n) is 17.4. The molecule has 0 unspecified atom stereocenters. The van der Waals surface area contributed by atoms with Gasteiger partial charge in [0.25, 0.3) is 0 Å². The molecule has 0 aliphatic carbocycles. The molecule has 0 radical (unpaired) electrons. The first kappa shape index (κ1) is 22.8. The highest BCUT2D eigenvalue weighted by Crippen LogP contribution is 2.30. The van der Waals surface area contributed by atoms with Gasteiger partial charge >= 0.3 is 6.16 Å². The minimum absolute atomic E-state index is 0.0344. The van der Waals surface area contributed by atoms with E-state index < -0.39 is 6.16 Å². The molecule has 9 heteroatoms. The Morgan fingerprint density at radius 1 is 0.800 bits per heavy atom. The molecule has 2 N–H and O–H groups in total. The molecule has 0 atom stereocenters. The standard InChI is InChI=1S/C21H26N4O5/c1-13(2)17-9-5-7-15(19(17)26)11-22-24-29-21(28)30-25-23-12-16-8-6-10-18(14(3)4)20(16)27/h5-10,13-14,26-27H,11-12H2,1-4H3/b24-22+,25-23+. The summed E-state index contributed by atoms with van der Waals surface area (Å²) in [4.78, 5) is 20.3. The zero-order valence-corrected chi connectivity index (χ0v) is 17.4. The van der Waals surface area contributed by atoms with Gasteiger partial charge in [0.1, 0.15) is 11.5 Å². The highest BCUT2D eigenvalue weighted by molar-refractivity contribution is 5.59. The second kappa shape index (κ2) is 10.9. The first-order valence-corrected chi connectivity index (χ1v) is 9.54. The van der Waals surface area contributed by atoms with Crippen molar-refractivity contribution in [2.24, 2.45) is 20.8 Å². The highest BCUT2D eigenvalue weighted by Gasteiger charge is 2.11. The predicted octanol–water partition coefficient (Wildman–Crippen LogP) is 5.93. The van der Waals surface area contributed by atoms with Crippen molar-refractivity contribution in [2.75, 3.05) is 0 Å². The molecule has 0 fully saturated rings. The van der Waals surface area contributed by atoms with E-state index in [0.29, 0.717) is 11.1 Å². The quantitative estimate of drug-likeness (QED) is 0.409. The van der Waals surface area contributed by atoms with E-state index in [4.69, 9.17) is 0 Å². The van der Waals surface area contributed by atoms with Gasteiger partial charge in [-0.25, -0.2) is 0 Å². The van der Waals surface area contributed by atoms with Gasteiger partial charge in [0.15, 0.2) is 0 Å². The van der Waals surface area contributed by atoms with Crippen molar-refractivity contribution in [1.29, 1.82) is 0 Å². The zero-order chi connectivity index (χ0) is 22.1. The van der Waals surface area contributed by atoms with Crippen LogP contribution in [0.4, 0.5) is 4.79 Å². The van der Waals surface area contributed by atoms with Crippen LogP contribution in [0.5, 0.6) is 11.5 Å². The normalized spacial score (nSPS) is 11.7. The van der Waals surface area contributed by atoms with E-state index in [9.17, 15) is 15.0 Å². The van der Waals surface area contributed by atoms with Crippen LogP contribution in [-0.2, 0) is 22.8 Å². The van der Waals surface area contributed by atoms with Crippen molar-refractivity contribution >= 4 is 6.16 Å². The average molecular weight is 414 g/mol. The number of hydrogen-bond acceptors (Lipinski definition) is 9. The average Bonchev–Trinajstić information content (AvgIpc) is 2.70. The van der Waals surface area contributed by atoms with E-state index in [1.807, 2.05) is 52.0 Å². The number of phenols is 2. The molecule has 30 heavy (non-hydrogen) atoms. The fraction of sp³-hybridized carbons (Fsp3) is 0.381. The molecule has 160 valence electrons. The molecule has 2 aromatic rings. The Hall–Kier alpha value is -3.49. The van der Waals surface area contributed by atoms with Crippen LogP contribution in [0.3, 0.4) is 0 Å². The Labute approximate surface area is 175 Å². The topological polar surface area (TPSA) is 125 Å². The molecule has 0 aliphatic rings. The molecule has 2 rings (SSSR count). The van der Waals surface area contributed by atoms with Crippen LogP contribution >= 0.6 is 0 Å². The first-order valence-electron chi connectivity index (χ1n) is 9.54. The van der Waals surface area contributed by atoms with Crippen molar-refractivity contribution in [3.05, 3.63) is 58.7 Å². The maximum absolute atomic E-state index is 11.4. The number of nitrogens with zero attached hydrogens (tertiary/aromatic N) is 4. The van der Waals surface area contributed by atoms with Gasteiger partial charge < -0.3 is 10.2 Å². The summed E-state index contributed by atoms with van der Waals surface area (Å²) in [7, 11) is 0. The van der Waals surface area contributed by atoms with Crippen LogP contribution in [0, 0.1) is 0 Å². The second-order valence-corrected chi connectivity index (χ2v) is 7.21. The number of hydrogen-bond donors (Lipinski definition) is 2. The predicted molar refractivity (Wildman–Crippen MR) is 109 cm³/mol. The van der Waals surface area contributed by atoms with Crippen LogP contribution in [0.15, 0.2) is 57.2 Å². The van der Waals surface area contributed by atoms with E-state index in [1.165, 1.54) is 0 Å². The third-order valence-electron chi connectivity index (χ3n) is 4.37. The van der Waals surface area contributed by atoms with E-state index >= 15 is 0 Å². The van der Waals surface area contributed by atoms with E-state index in [1.54, 1.807) is 12.1 Å². The fourth-order valence-electron chi connectivity index (χ4n) is 2.76. The maximum Gasteiger partial charge on any atom is 0.565 e. The van der Waals surface area contributed by atoms with E-state index in [0.717, 1.165) is 11.1 Å². The molecule has 0 aromatic heterocycles. The minimum Gasteiger partial charge on any atom is -0.507 e. The summed E-state index contributed by atoms with van der Waals surface area (Å²) in [5, 5.41) is 34.3. The smallest absolute Gasteiger partial charge is 0.507 e. The SMILES string of the molecule is CC(C)c1cccc(C/N=N/OC(=O)O/N=N/Cc2cccc(C(C)C)c2O)c1O. The van der Waals surface area contributed by atoms with Gasteiger partial charge in [0.05, 0.1) is 13.1 Å². The Morgan fingerprint density at radius 3 is 1.57 bits per heavy atom. The van der Waals surface area contributed by atoms with Gasteiger partial charge in [-0.05, 0) is 23.0 Å². The Balaban J connectivity index is 1.80. The number of benzene rings is 2. The minimum atomic E-state index is -1.21. The summed E-state index contributed by atoms with van der Waals surface area (Å²) in [5.41, 5.74) is 2.72. The summed E-state index contributed by atoms with van der Waals surface area (Å²) in [6.45, 7) is 7.94. The molecule has 0 spiro atoms. The third kappa shape index (κ3) is 6.26. The van der Waals surface area contributed by atoms with Crippen molar-refractivity contribution < 1.29 is 24.7 Å². The number of phenolic OH excluding ortho intramolecular Hbond substituents is 2. The summed E-state index contributed by atoms with van der Waals surface area (Å²) < 4.78 is 0. The Kier molecular flexibility index (Phi) is 8.28. The molecular weight excluding hydrogens is 388 g/mol. The lowest BCUT2D eigenvalue weighted by molar-refractivity contribution is 0.0455. The van der Waals surface area contributed by atoms with Gasteiger partial charge in [-0.1, -0.05) is 64.1 Å². The number of para-hydroxylation sites is 2. The molecule has 2 aromatic carbocycles. The lowest BCUT2D eigenvalue weighted by Gasteiger charge is -2.10. The lowest BCUT2D eigenvalue weighted by atomic mass is 9.99. The molecule has 0 bridgehead atoms. The monoisotopic (exact) mass is 414 g/mol. The lowest BCUT2D eigenvalue weighted by Crippen LogP contribution is -1.98. The van der Waals surface area contributed by atoms with Crippen molar-refractivity contribution in [3.63, 3.8) is 0 Å². The Morgan fingerprint density at radius 2 is 1.20 bits per heavy atom. The number of carbonyl (C=O) groups excluding carboxylic acids is 1. The van der Waals surface area contributed by atoms with Crippen LogP contribution in [0.1, 0.15) is 61.8 Å². The summed E-state index contributed by atoms with van der Waals surface area (Å²) >= 11 is 0. The number of rotatable bonds is 8. The van der Waals surface area contributed by atoms with Crippen LogP contribution in [0.25, 0.3) is 0 Å². The maximum atomic E-state index is 11.4. The number of carbonyl (C=O) groups is 1.